The number of hydrogen-bond donors (Lipinski definition) is 3. The van der Waals surface area contributed by atoms with Gasteiger partial charge in [0.05, 0.1) is 18.7 Å². The van der Waals surface area contributed by atoms with Crippen LogP contribution < -0.4 is 10.6 Å². The van der Waals surface area contributed by atoms with Crippen LogP contribution in [0.25, 0.3) is 10.9 Å². The molecule has 7 heteroatoms. The number of piperidine rings is 1. The van der Waals surface area contributed by atoms with E-state index in [-0.39, 0.29) is 23.7 Å². The van der Waals surface area contributed by atoms with Gasteiger partial charge in [0, 0.05) is 29.6 Å². The molecule has 26 heavy (non-hydrogen) atoms. The molecule has 3 unspecified atom stereocenters. The summed E-state index contributed by atoms with van der Waals surface area (Å²) in [5.41, 5.74) is 1.26. The number of aromatic hydroxyl groups is 1. The molecule has 3 heterocycles. The number of ether oxygens (including phenoxy) is 1. The summed E-state index contributed by atoms with van der Waals surface area (Å²) in [7, 11) is 0. The molecule has 3 atom stereocenters. The van der Waals surface area contributed by atoms with Crippen LogP contribution in [0.1, 0.15) is 49.6 Å². The molecule has 2 aliphatic rings. The smallest absolute Gasteiger partial charge is 0.272 e. The topological polar surface area (TPSA) is 88.4 Å². The number of amides is 1. The van der Waals surface area contributed by atoms with Gasteiger partial charge in [-0.3, -0.25) is 9.48 Å². The molecule has 2 bridgehead atoms. The van der Waals surface area contributed by atoms with Crippen molar-refractivity contribution in [1.29, 1.82) is 0 Å². The maximum atomic E-state index is 13.0. The highest BCUT2D eigenvalue weighted by molar-refractivity contribution is 6.05. The summed E-state index contributed by atoms with van der Waals surface area (Å²) in [4.78, 5) is 13.0. The fourth-order valence-electron chi connectivity index (χ4n) is 4.01. The van der Waals surface area contributed by atoms with Gasteiger partial charge in [0.15, 0.2) is 5.69 Å². The van der Waals surface area contributed by atoms with Gasteiger partial charge in [-0.1, -0.05) is 6.92 Å². The van der Waals surface area contributed by atoms with Crippen molar-refractivity contribution in [3.63, 3.8) is 0 Å². The fraction of sp³-hybridized carbons (Fsp3) is 0.579. The molecule has 2 fully saturated rings. The number of benzene rings is 1. The van der Waals surface area contributed by atoms with Gasteiger partial charge in [-0.2, -0.15) is 5.10 Å². The predicted octanol–water partition coefficient (Wildman–Crippen LogP) is 1.96. The summed E-state index contributed by atoms with van der Waals surface area (Å²) in [6.45, 7) is 5.56. The van der Waals surface area contributed by atoms with E-state index in [0.29, 0.717) is 36.4 Å². The van der Waals surface area contributed by atoms with Crippen molar-refractivity contribution in [1.82, 2.24) is 20.4 Å². The molecule has 0 spiro atoms. The van der Waals surface area contributed by atoms with Gasteiger partial charge in [-0.25, -0.2) is 0 Å². The van der Waals surface area contributed by atoms with E-state index in [1.54, 1.807) is 12.1 Å². The standard InChI is InChI=1S/C19H26N4O3/c1-3-11(2)23-17-5-4-15(24)8-16(17)18(22-23)19(25)21-12-6-13-9-26-10-14(7-12)20-13/h4-5,8,11-14,20,24H,3,6-7,9-10H2,1-2H3,(H,21,25). The number of carbonyl (C=O) groups is 1. The number of morpholine rings is 1. The normalized spacial score (nSPS) is 26.6. The number of nitrogens with one attached hydrogen (secondary N) is 2. The van der Waals surface area contributed by atoms with E-state index < -0.39 is 0 Å². The molecule has 0 saturated carbocycles. The van der Waals surface area contributed by atoms with Crippen LogP contribution in [0.15, 0.2) is 18.2 Å². The summed E-state index contributed by atoms with van der Waals surface area (Å²) < 4.78 is 7.45. The third-order valence-corrected chi connectivity index (χ3v) is 5.50. The zero-order valence-electron chi connectivity index (χ0n) is 15.2. The van der Waals surface area contributed by atoms with Crippen LogP contribution in [-0.4, -0.2) is 52.1 Å². The van der Waals surface area contributed by atoms with Gasteiger partial charge < -0.3 is 20.5 Å². The highest BCUT2D eigenvalue weighted by atomic mass is 16.5. The largest absolute Gasteiger partial charge is 0.508 e. The Labute approximate surface area is 152 Å². The van der Waals surface area contributed by atoms with Gasteiger partial charge in [0.1, 0.15) is 5.75 Å². The molecule has 0 aliphatic carbocycles. The molecular weight excluding hydrogens is 332 g/mol. The average molecular weight is 358 g/mol. The predicted molar refractivity (Wildman–Crippen MR) is 98.4 cm³/mol. The zero-order chi connectivity index (χ0) is 18.3. The van der Waals surface area contributed by atoms with Gasteiger partial charge in [0.25, 0.3) is 5.91 Å². The summed E-state index contributed by atoms with van der Waals surface area (Å²) in [6.07, 6.45) is 2.63. The Morgan fingerprint density at radius 2 is 2.15 bits per heavy atom. The van der Waals surface area contributed by atoms with Crippen LogP contribution in [0.2, 0.25) is 0 Å². The van der Waals surface area contributed by atoms with Crippen molar-refractivity contribution in [3.05, 3.63) is 23.9 Å². The Hall–Kier alpha value is -2.12. The molecular formula is C19H26N4O3. The highest BCUT2D eigenvalue weighted by Gasteiger charge is 2.33. The second kappa shape index (κ2) is 6.89. The van der Waals surface area contributed by atoms with Gasteiger partial charge in [0.2, 0.25) is 0 Å². The van der Waals surface area contributed by atoms with Gasteiger partial charge >= 0.3 is 0 Å². The lowest BCUT2D eigenvalue weighted by Crippen LogP contribution is -2.58. The van der Waals surface area contributed by atoms with Crippen LogP contribution >= 0.6 is 0 Å². The third kappa shape index (κ3) is 3.17. The molecule has 2 aromatic rings. The molecule has 4 rings (SSSR count). The lowest BCUT2D eigenvalue weighted by atomic mass is 9.92. The van der Waals surface area contributed by atoms with E-state index in [9.17, 15) is 9.90 Å². The first-order valence-corrected chi connectivity index (χ1v) is 9.41. The van der Waals surface area contributed by atoms with Gasteiger partial charge in [-0.15, -0.1) is 0 Å². The maximum Gasteiger partial charge on any atom is 0.272 e. The molecule has 1 amide bonds. The second-order valence-electron chi connectivity index (χ2n) is 7.49. The van der Waals surface area contributed by atoms with Crippen LogP contribution in [-0.2, 0) is 4.74 Å². The summed E-state index contributed by atoms with van der Waals surface area (Å²) in [5, 5.41) is 21.9. The van der Waals surface area contributed by atoms with Crippen molar-refractivity contribution in [2.75, 3.05) is 13.2 Å². The quantitative estimate of drug-likeness (QED) is 0.778. The van der Waals surface area contributed by atoms with E-state index in [4.69, 9.17) is 4.74 Å². The Bertz CT molecular complexity index is 806. The van der Waals surface area contributed by atoms with E-state index in [1.165, 1.54) is 0 Å². The SMILES string of the molecule is CCC(C)n1nc(C(=O)NC2CC3COCC(C2)N3)c2cc(O)ccc21. The maximum absolute atomic E-state index is 13.0. The van der Waals surface area contributed by atoms with Crippen LogP contribution in [0.3, 0.4) is 0 Å². The zero-order valence-corrected chi connectivity index (χ0v) is 15.2. The minimum atomic E-state index is -0.173. The minimum absolute atomic E-state index is 0.115. The third-order valence-electron chi connectivity index (χ3n) is 5.50. The molecule has 140 valence electrons. The number of rotatable bonds is 4. The van der Waals surface area contributed by atoms with Crippen LogP contribution in [0.4, 0.5) is 0 Å². The first-order valence-electron chi connectivity index (χ1n) is 9.41. The van der Waals surface area contributed by atoms with E-state index in [0.717, 1.165) is 24.8 Å². The summed E-state index contributed by atoms with van der Waals surface area (Å²) >= 11 is 0. The van der Waals surface area contributed by atoms with E-state index in [1.807, 2.05) is 10.7 Å². The van der Waals surface area contributed by atoms with E-state index in [2.05, 4.69) is 29.6 Å². The minimum Gasteiger partial charge on any atom is -0.508 e. The van der Waals surface area contributed by atoms with Gasteiger partial charge in [-0.05, 0) is 44.4 Å². The van der Waals surface area contributed by atoms with E-state index >= 15 is 0 Å². The summed E-state index contributed by atoms with van der Waals surface area (Å²) in [5.74, 6) is -0.0302. The number of hydrogen-bond acceptors (Lipinski definition) is 5. The molecule has 2 aliphatic heterocycles. The number of aromatic nitrogens is 2. The Morgan fingerprint density at radius 3 is 2.85 bits per heavy atom. The van der Waals surface area contributed by atoms with Crippen molar-refractivity contribution >= 4 is 16.8 Å². The second-order valence-corrected chi connectivity index (χ2v) is 7.49. The Morgan fingerprint density at radius 1 is 1.42 bits per heavy atom. The fourth-order valence-corrected chi connectivity index (χ4v) is 4.01. The Kier molecular flexibility index (Phi) is 4.58. The molecule has 2 saturated heterocycles. The highest BCUT2D eigenvalue weighted by Crippen LogP contribution is 2.27. The molecule has 1 aromatic heterocycles. The number of phenols is 1. The van der Waals surface area contributed by atoms with Crippen LogP contribution in [0.5, 0.6) is 5.75 Å². The lowest BCUT2D eigenvalue weighted by Gasteiger charge is -2.40. The van der Waals surface area contributed by atoms with Crippen molar-refractivity contribution in [3.8, 4) is 5.75 Å². The van der Waals surface area contributed by atoms with Crippen molar-refractivity contribution in [2.24, 2.45) is 0 Å². The average Bonchev–Trinajstić information content (AvgIpc) is 2.99. The monoisotopic (exact) mass is 358 g/mol. The molecule has 0 radical (unpaired) electrons. The molecule has 1 aromatic carbocycles. The lowest BCUT2D eigenvalue weighted by molar-refractivity contribution is 0.0148. The van der Waals surface area contributed by atoms with Crippen LogP contribution in [0, 0.1) is 0 Å². The first kappa shape index (κ1) is 17.3. The number of carbonyl (C=O) groups excluding carboxylic acids is 1. The Balaban J connectivity index is 1.61. The number of nitrogens with zero attached hydrogens (tertiary/aromatic N) is 2. The van der Waals surface area contributed by atoms with Crippen molar-refractivity contribution < 1.29 is 14.6 Å². The van der Waals surface area contributed by atoms with Crippen molar-refractivity contribution in [2.45, 2.75) is 57.3 Å². The molecule has 7 nitrogen and oxygen atoms in total. The summed E-state index contributed by atoms with van der Waals surface area (Å²) in [6, 6.07) is 5.98. The first-order chi connectivity index (χ1) is 12.5. The molecule has 3 N–H and O–H groups in total. The number of fused-ring (bicyclic) bond motifs is 3. The number of phenolic OH excluding ortho intramolecular Hbond substituents is 1.